The molecule has 7 heteroatoms. The van der Waals surface area contributed by atoms with E-state index >= 15 is 0 Å². The van der Waals surface area contributed by atoms with E-state index in [4.69, 9.17) is 0 Å². The van der Waals surface area contributed by atoms with Gasteiger partial charge in [0, 0.05) is 6.20 Å². The lowest BCUT2D eigenvalue weighted by Gasteiger charge is -2.17. The lowest BCUT2D eigenvalue weighted by Crippen LogP contribution is -2.39. The molecule has 1 aromatic rings. The van der Waals surface area contributed by atoms with Gasteiger partial charge in [0.15, 0.2) is 5.16 Å². The van der Waals surface area contributed by atoms with Crippen molar-refractivity contribution in [3.8, 4) is 0 Å². The van der Waals surface area contributed by atoms with Crippen LogP contribution in [0.25, 0.3) is 0 Å². The van der Waals surface area contributed by atoms with E-state index in [0.29, 0.717) is 5.16 Å². The average Bonchev–Trinajstić information content (AvgIpc) is 2.25. The number of hydrogen-bond donors (Lipinski definition) is 1. The zero-order valence-corrected chi connectivity index (χ0v) is 8.47. The Kier molecular flexibility index (Phi) is 2.39. The minimum atomic E-state index is -1.90. The van der Waals surface area contributed by atoms with Gasteiger partial charge in [-0.3, -0.25) is 14.9 Å². The van der Waals surface area contributed by atoms with Crippen LogP contribution in [0.1, 0.15) is 22.2 Å². The molecular weight excluding hydrogens is 221 g/mol. The smallest absolute Gasteiger partial charge is 0.267 e. The first-order valence-corrected chi connectivity index (χ1v) is 5.26. The minimum absolute atomic E-state index is 0.0138. The Bertz CT molecular complexity index is 452. The maximum Gasteiger partial charge on any atom is 0.267 e. The Labute approximate surface area is 88.5 Å². The number of alkyl halides is 1. The molecule has 0 aromatic carbocycles. The van der Waals surface area contributed by atoms with Crippen molar-refractivity contribution in [2.24, 2.45) is 0 Å². The van der Waals surface area contributed by atoms with Crippen LogP contribution in [-0.2, 0) is 4.79 Å². The number of rotatable bonds is 1. The number of amides is 2. The van der Waals surface area contributed by atoms with Gasteiger partial charge in [-0.25, -0.2) is 14.4 Å². The maximum absolute atomic E-state index is 13.4. The summed E-state index contributed by atoms with van der Waals surface area (Å²) >= 11 is 1.21. The molecule has 2 amide bonds. The van der Waals surface area contributed by atoms with Crippen molar-refractivity contribution in [3.63, 3.8) is 0 Å². The van der Waals surface area contributed by atoms with Gasteiger partial charge in [-0.2, -0.15) is 0 Å². The zero-order valence-electron chi connectivity index (χ0n) is 7.65. The first-order valence-electron chi connectivity index (χ1n) is 4.03. The zero-order chi connectivity index (χ0) is 11.0. The standard InChI is InChI=1S/C8H6FN3O2S/c1-15-8-10-2-3-5(11-8)4(9)7(14)12-6(3)13/h2,4H,1H3,(H,12,13,14). The Balaban J connectivity index is 2.56. The molecule has 2 heterocycles. The number of nitrogens with one attached hydrogen (secondary N) is 1. The van der Waals surface area contributed by atoms with Crippen LogP contribution >= 0.6 is 11.8 Å². The van der Waals surface area contributed by atoms with E-state index in [0.717, 1.165) is 0 Å². The fourth-order valence-corrected chi connectivity index (χ4v) is 1.56. The Morgan fingerprint density at radius 3 is 2.93 bits per heavy atom. The molecule has 1 aliphatic heterocycles. The van der Waals surface area contributed by atoms with E-state index in [1.54, 1.807) is 6.26 Å². The molecule has 2 rings (SSSR count). The van der Waals surface area contributed by atoms with Gasteiger partial charge in [0.2, 0.25) is 6.17 Å². The summed E-state index contributed by atoms with van der Waals surface area (Å²) in [5.41, 5.74) is -0.136. The summed E-state index contributed by atoms with van der Waals surface area (Å²) in [6.45, 7) is 0. The second-order valence-corrected chi connectivity index (χ2v) is 3.61. The number of carbonyl (C=O) groups excluding carboxylic acids is 2. The molecule has 78 valence electrons. The number of fused-ring (bicyclic) bond motifs is 1. The number of thioether (sulfide) groups is 1. The highest BCUT2D eigenvalue weighted by molar-refractivity contribution is 7.98. The van der Waals surface area contributed by atoms with Crippen LogP contribution < -0.4 is 5.32 Å². The first kappa shape index (κ1) is 10.0. The number of aromatic nitrogens is 2. The Morgan fingerprint density at radius 1 is 1.53 bits per heavy atom. The predicted molar refractivity (Wildman–Crippen MR) is 50.1 cm³/mol. The fraction of sp³-hybridized carbons (Fsp3) is 0.250. The van der Waals surface area contributed by atoms with Crippen molar-refractivity contribution in [2.75, 3.05) is 6.26 Å². The molecule has 15 heavy (non-hydrogen) atoms. The van der Waals surface area contributed by atoms with Gasteiger partial charge in [0.25, 0.3) is 11.8 Å². The molecule has 1 aromatic heterocycles. The molecule has 0 fully saturated rings. The lowest BCUT2D eigenvalue weighted by molar-refractivity contribution is -0.125. The summed E-state index contributed by atoms with van der Waals surface area (Å²) in [4.78, 5) is 29.9. The van der Waals surface area contributed by atoms with Gasteiger partial charge in [-0.05, 0) is 6.26 Å². The van der Waals surface area contributed by atoms with E-state index in [1.165, 1.54) is 18.0 Å². The summed E-state index contributed by atoms with van der Waals surface area (Å²) in [6.07, 6.45) is 1.05. The van der Waals surface area contributed by atoms with Crippen molar-refractivity contribution in [2.45, 2.75) is 11.3 Å². The van der Waals surface area contributed by atoms with Crippen molar-refractivity contribution in [1.82, 2.24) is 15.3 Å². The first-order chi connectivity index (χ1) is 7.13. The average molecular weight is 227 g/mol. The van der Waals surface area contributed by atoms with Gasteiger partial charge in [0.1, 0.15) is 5.69 Å². The maximum atomic E-state index is 13.4. The quantitative estimate of drug-likeness (QED) is 0.429. The monoisotopic (exact) mass is 227 g/mol. The molecule has 0 radical (unpaired) electrons. The molecule has 5 nitrogen and oxygen atoms in total. The number of imide groups is 1. The molecule has 0 saturated heterocycles. The van der Waals surface area contributed by atoms with Crippen molar-refractivity contribution >= 4 is 23.6 Å². The highest BCUT2D eigenvalue weighted by Crippen LogP contribution is 2.24. The van der Waals surface area contributed by atoms with E-state index in [2.05, 4.69) is 9.97 Å². The number of halogens is 1. The van der Waals surface area contributed by atoms with Crippen LogP contribution in [0.2, 0.25) is 0 Å². The SMILES string of the molecule is CSc1ncc2c(n1)C(F)C(=O)NC2=O. The molecular formula is C8H6FN3O2S. The van der Waals surface area contributed by atoms with Crippen molar-refractivity contribution in [1.29, 1.82) is 0 Å². The third-order valence-corrected chi connectivity index (χ3v) is 2.49. The number of hydrogen-bond acceptors (Lipinski definition) is 5. The van der Waals surface area contributed by atoms with Gasteiger partial charge in [-0.1, -0.05) is 11.8 Å². The largest absolute Gasteiger partial charge is 0.289 e. The van der Waals surface area contributed by atoms with E-state index in [9.17, 15) is 14.0 Å². The molecule has 0 spiro atoms. The summed E-state index contributed by atoms with van der Waals surface area (Å²) in [7, 11) is 0. The summed E-state index contributed by atoms with van der Waals surface area (Å²) in [5.74, 6) is -1.63. The normalized spacial score (nSPS) is 19.7. The number of carbonyl (C=O) groups is 2. The van der Waals surface area contributed by atoms with Gasteiger partial charge < -0.3 is 0 Å². The molecule has 1 N–H and O–H groups in total. The minimum Gasteiger partial charge on any atom is -0.289 e. The summed E-state index contributed by atoms with van der Waals surface area (Å²) in [5, 5.41) is 2.22. The van der Waals surface area contributed by atoms with Crippen LogP contribution in [0.4, 0.5) is 4.39 Å². The second-order valence-electron chi connectivity index (χ2n) is 2.84. The lowest BCUT2D eigenvalue weighted by atomic mass is 10.1. The highest BCUT2D eigenvalue weighted by atomic mass is 32.2. The number of nitrogens with zero attached hydrogens (tertiary/aromatic N) is 2. The van der Waals surface area contributed by atoms with Crippen molar-refractivity contribution in [3.05, 3.63) is 17.5 Å². The third-order valence-electron chi connectivity index (χ3n) is 1.93. The molecule has 1 aliphatic rings. The third kappa shape index (κ3) is 1.58. The summed E-state index contributed by atoms with van der Waals surface area (Å²) in [6, 6.07) is 0. The van der Waals surface area contributed by atoms with Crippen LogP contribution in [0, 0.1) is 0 Å². The van der Waals surface area contributed by atoms with Gasteiger partial charge in [0.05, 0.1) is 5.56 Å². The topological polar surface area (TPSA) is 72.0 Å². The molecule has 1 atom stereocenters. The van der Waals surface area contributed by atoms with Crippen LogP contribution in [-0.4, -0.2) is 28.0 Å². The van der Waals surface area contributed by atoms with Crippen LogP contribution in [0.15, 0.2) is 11.4 Å². The molecule has 0 bridgehead atoms. The van der Waals surface area contributed by atoms with E-state index in [-0.39, 0.29) is 11.3 Å². The molecule has 0 saturated carbocycles. The van der Waals surface area contributed by atoms with Gasteiger partial charge >= 0.3 is 0 Å². The van der Waals surface area contributed by atoms with E-state index < -0.39 is 18.0 Å². The predicted octanol–water partition coefficient (Wildman–Crippen LogP) is 0.479. The van der Waals surface area contributed by atoms with Gasteiger partial charge in [-0.15, -0.1) is 0 Å². The summed E-state index contributed by atoms with van der Waals surface area (Å²) < 4.78 is 13.4. The second kappa shape index (κ2) is 3.58. The highest BCUT2D eigenvalue weighted by Gasteiger charge is 2.34. The van der Waals surface area contributed by atoms with Crippen LogP contribution in [0.3, 0.4) is 0 Å². The molecule has 0 aliphatic carbocycles. The van der Waals surface area contributed by atoms with Crippen molar-refractivity contribution < 1.29 is 14.0 Å². The van der Waals surface area contributed by atoms with E-state index in [1.807, 2.05) is 5.32 Å². The molecule has 1 unspecified atom stereocenters. The van der Waals surface area contributed by atoms with Crippen LogP contribution in [0.5, 0.6) is 0 Å². The Hall–Kier alpha value is -1.50. The Morgan fingerprint density at radius 2 is 2.27 bits per heavy atom. The fourth-order valence-electron chi connectivity index (χ4n) is 1.21.